The zero-order chi connectivity index (χ0) is 34.9. The Balaban J connectivity index is 1.02. The first-order valence-electron chi connectivity index (χ1n) is 18.1. The molecular weight excluding hydrogens is 645 g/mol. The van der Waals surface area contributed by atoms with Crippen LogP contribution in [0.1, 0.15) is 0 Å². The van der Waals surface area contributed by atoms with Gasteiger partial charge in [0.05, 0.1) is 33.1 Å². The number of hydrogen-bond donors (Lipinski definition) is 0. The van der Waals surface area contributed by atoms with Crippen LogP contribution in [0.5, 0.6) is 0 Å². The van der Waals surface area contributed by atoms with Gasteiger partial charge in [-0.25, -0.2) is 4.98 Å². The molecule has 0 unspecified atom stereocenters. The lowest BCUT2D eigenvalue weighted by Crippen LogP contribution is -1.98. The molecule has 4 nitrogen and oxygen atoms in total. The van der Waals surface area contributed by atoms with Crippen molar-refractivity contribution < 1.29 is 0 Å². The van der Waals surface area contributed by atoms with Crippen LogP contribution in [0, 0.1) is 0 Å². The summed E-state index contributed by atoms with van der Waals surface area (Å²) in [5.74, 6) is 0.936. The van der Waals surface area contributed by atoms with Crippen LogP contribution in [0.2, 0.25) is 0 Å². The Bertz CT molecular complexity index is 3110. The highest BCUT2D eigenvalue weighted by Gasteiger charge is 2.17. The molecule has 11 rings (SSSR count). The third kappa shape index (κ3) is 4.59. The highest BCUT2D eigenvalue weighted by Crippen LogP contribution is 2.38. The number of benzene rings is 8. The summed E-state index contributed by atoms with van der Waals surface area (Å²) in [6.07, 6.45) is 0. The van der Waals surface area contributed by atoms with Gasteiger partial charge in [-0.05, 0) is 83.9 Å². The van der Waals surface area contributed by atoms with E-state index in [4.69, 9.17) is 4.98 Å². The first-order valence-corrected chi connectivity index (χ1v) is 18.1. The molecule has 3 aromatic heterocycles. The Hall–Kier alpha value is -7.17. The van der Waals surface area contributed by atoms with Gasteiger partial charge >= 0.3 is 0 Å². The van der Waals surface area contributed by atoms with Crippen molar-refractivity contribution in [2.75, 3.05) is 0 Å². The second-order valence-electron chi connectivity index (χ2n) is 13.6. The van der Waals surface area contributed by atoms with Gasteiger partial charge < -0.3 is 9.13 Å². The van der Waals surface area contributed by atoms with Crippen LogP contribution in [-0.4, -0.2) is 18.7 Å². The van der Waals surface area contributed by atoms with Crippen molar-refractivity contribution in [1.29, 1.82) is 0 Å². The van der Waals surface area contributed by atoms with E-state index in [1.807, 2.05) is 6.07 Å². The summed E-state index contributed by atoms with van der Waals surface area (Å²) < 4.78 is 7.04. The van der Waals surface area contributed by atoms with E-state index >= 15 is 0 Å². The number of fused-ring (bicyclic) bond motifs is 7. The fraction of sp³-hybridized carbons (Fsp3) is 0. The first-order chi connectivity index (χ1) is 26.3. The summed E-state index contributed by atoms with van der Waals surface area (Å²) in [5, 5.41) is 5.00. The quantitative estimate of drug-likeness (QED) is 0.178. The molecule has 0 aliphatic rings. The molecule has 0 fully saturated rings. The summed E-state index contributed by atoms with van der Waals surface area (Å²) in [6, 6.07) is 69.6. The largest absolute Gasteiger partial charge is 0.309 e. The molecule has 11 aromatic rings. The zero-order valence-electron chi connectivity index (χ0n) is 28.8. The number of imidazole rings is 1. The van der Waals surface area contributed by atoms with Crippen LogP contribution in [0.3, 0.4) is 0 Å². The summed E-state index contributed by atoms with van der Waals surface area (Å²) >= 11 is 0. The Morgan fingerprint density at radius 2 is 0.755 bits per heavy atom. The highest BCUT2D eigenvalue weighted by molar-refractivity contribution is 6.11. The number of nitrogens with zero attached hydrogens (tertiary/aromatic N) is 4. The fourth-order valence-corrected chi connectivity index (χ4v) is 8.27. The summed E-state index contributed by atoms with van der Waals surface area (Å²) in [5.41, 5.74) is 13.7. The van der Waals surface area contributed by atoms with Crippen LogP contribution >= 0.6 is 0 Å². The fourth-order valence-electron chi connectivity index (χ4n) is 8.27. The smallest absolute Gasteiger partial charge is 0.145 e. The topological polar surface area (TPSA) is 27.7 Å². The van der Waals surface area contributed by atoms with Crippen molar-refractivity contribution in [3.63, 3.8) is 0 Å². The average Bonchev–Trinajstić information content (AvgIpc) is 3.89. The van der Waals surface area contributed by atoms with Crippen molar-refractivity contribution in [3.05, 3.63) is 194 Å². The third-order valence-corrected chi connectivity index (χ3v) is 10.7. The van der Waals surface area contributed by atoms with Gasteiger partial charge in [0.1, 0.15) is 5.82 Å². The van der Waals surface area contributed by atoms with Crippen LogP contribution in [-0.2, 0) is 0 Å². The molecule has 0 N–H and O–H groups in total. The van der Waals surface area contributed by atoms with Crippen LogP contribution in [0.4, 0.5) is 0 Å². The first kappa shape index (κ1) is 29.5. The summed E-state index contributed by atoms with van der Waals surface area (Å²) in [4.78, 5) is 5.08. The normalized spacial score (nSPS) is 11.8. The lowest BCUT2D eigenvalue weighted by Gasteiger charge is -2.13. The minimum Gasteiger partial charge on any atom is -0.309 e. The molecule has 4 heteroatoms. The molecule has 0 bridgehead atoms. The Morgan fingerprint density at radius 1 is 0.283 bits per heavy atom. The standard InChI is InChI=1S/C49H32N4/c1-2-13-36(14-3-1)53-48-24-11-7-20-43(48)50-49(53)34-27-25-33(26-28-34)35-29-30-47-42(31-35)41-19-6-10-23-46(41)52(47)38-16-12-15-37(32-38)51-44-21-8-4-17-39(44)40-18-5-9-22-45(40)51/h1-32H. The third-order valence-electron chi connectivity index (χ3n) is 10.7. The maximum absolute atomic E-state index is 5.08. The number of aromatic nitrogens is 4. The van der Waals surface area contributed by atoms with Crippen molar-refractivity contribution in [1.82, 2.24) is 18.7 Å². The van der Waals surface area contributed by atoms with Gasteiger partial charge in [0.2, 0.25) is 0 Å². The van der Waals surface area contributed by atoms with E-state index in [1.165, 1.54) is 54.7 Å². The highest BCUT2D eigenvalue weighted by atomic mass is 15.1. The van der Waals surface area contributed by atoms with Crippen molar-refractivity contribution >= 4 is 54.6 Å². The van der Waals surface area contributed by atoms with Crippen LogP contribution < -0.4 is 0 Å². The lowest BCUT2D eigenvalue weighted by molar-refractivity contribution is 1.10. The maximum Gasteiger partial charge on any atom is 0.145 e. The second-order valence-corrected chi connectivity index (χ2v) is 13.6. The average molecular weight is 677 g/mol. The molecule has 0 spiro atoms. The predicted octanol–water partition coefficient (Wildman–Crippen LogP) is 12.6. The van der Waals surface area contributed by atoms with E-state index in [1.54, 1.807) is 0 Å². The van der Waals surface area contributed by atoms with Crippen molar-refractivity contribution in [2.24, 2.45) is 0 Å². The van der Waals surface area contributed by atoms with Gasteiger partial charge in [0.15, 0.2) is 0 Å². The van der Waals surface area contributed by atoms with E-state index in [0.29, 0.717) is 0 Å². The van der Waals surface area contributed by atoms with Crippen molar-refractivity contribution in [3.8, 4) is 39.6 Å². The van der Waals surface area contributed by atoms with E-state index in [-0.39, 0.29) is 0 Å². The Morgan fingerprint density at radius 3 is 1.40 bits per heavy atom. The molecule has 53 heavy (non-hydrogen) atoms. The van der Waals surface area contributed by atoms with Crippen LogP contribution in [0.15, 0.2) is 194 Å². The molecule has 0 aliphatic heterocycles. The van der Waals surface area contributed by atoms with Gasteiger partial charge in [-0.15, -0.1) is 0 Å². The van der Waals surface area contributed by atoms with Gasteiger partial charge in [-0.1, -0.05) is 121 Å². The van der Waals surface area contributed by atoms with Gasteiger partial charge in [-0.3, -0.25) is 4.57 Å². The Labute approximate surface area is 306 Å². The SMILES string of the molecule is c1ccc(-n2c(-c3ccc(-c4ccc5c(c4)c4ccccc4n5-c4cccc(-n5c6ccccc6c6ccccc65)c4)cc3)nc3ccccc32)cc1. The molecule has 0 saturated heterocycles. The van der Waals surface area contributed by atoms with E-state index in [2.05, 4.69) is 202 Å². The maximum atomic E-state index is 5.08. The molecule has 0 saturated carbocycles. The van der Waals surface area contributed by atoms with E-state index < -0.39 is 0 Å². The van der Waals surface area contributed by atoms with Crippen molar-refractivity contribution in [2.45, 2.75) is 0 Å². The molecule has 0 atom stereocenters. The molecule has 0 amide bonds. The van der Waals surface area contributed by atoms with E-state index in [0.717, 1.165) is 39.5 Å². The lowest BCUT2D eigenvalue weighted by atomic mass is 10.0. The molecule has 0 aliphatic carbocycles. The number of hydrogen-bond acceptors (Lipinski definition) is 1. The zero-order valence-corrected chi connectivity index (χ0v) is 28.8. The molecule has 248 valence electrons. The second kappa shape index (κ2) is 11.7. The molecule has 3 heterocycles. The number of para-hydroxylation sites is 6. The van der Waals surface area contributed by atoms with Gasteiger partial charge in [0, 0.05) is 44.2 Å². The minimum absolute atomic E-state index is 0.936. The number of rotatable bonds is 5. The molecular formula is C49H32N4. The molecule has 0 radical (unpaired) electrons. The predicted molar refractivity (Wildman–Crippen MR) is 221 cm³/mol. The summed E-state index contributed by atoms with van der Waals surface area (Å²) in [7, 11) is 0. The van der Waals surface area contributed by atoms with Gasteiger partial charge in [0.25, 0.3) is 0 Å². The molecule has 8 aromatic carbocycles. The minimum atomic E-state index is 0.936. The van der Waals surface area contributed by atoms with Gasteiger partial charge in [-0.2, -0.15) is 0 Å². The Kier molecular flexibility index (Phi) is 6.52. The van der Waals surface area contributed by atoms with E-state index in [9.17, 15) is 0 Å². The van der Waals surface area contributed by atoms with Crippen LogP contribution in [0.25, 0.3) is 94.2 Å². The monoisotopic (exact) mass is 676 g/mol. The summed E-state index contributed by atoms with van der Waals surface area (Å²) in [6.45, 7) is 0.